The summed E-state index contributed by atoms with van der Waals surface area (Å²) in [5.74, 6) is -0.204. The summed E-state index contributed by atoms with van der Waals surface area (Å²) >= 11 is 0. The van der Waals surface area contributed by atoms with Crippen LogP contribution in [0.3, 0.4) is 0 Å². The smallest absolute Gasteiger partial charge is 0.252 e. The molecule has 1 amide bonds. The molecule has 0 aromatic heterocycles. The summed E-state index contributed by atoms with van der Waals surface area (Å²) in [5.41, 5.74) is 3.33. The van der Waals surface area contributed by atoms with Crippen LogP contribution >= 0.6 is 0 Å². The molecule has 1 saturated heterocycles. The van der Waals surface area contributed by atoms with Crippen LogP contribution in [0.15, 0.2) is 48.5 Å². The van der Waals surface area contributed by atoms with Gasteiger partial charge in [-0.2, -0.15) is 0 Å². The lowest BCUT2D eigenvalue weighted by atomic mass is 9.87. The van der Waals surface area contributed by atoms with Crippen LogP contribution in [0.1, 0.15) is 42.0 Å². The number of amides is 1. The van der Waals surface area contributed by atoms with Crippen molar-refractivity contribution in [3.63, 3.8) is 0 Å². The Labute approximate surface area is 147 Å². The molecule has 0 aliphatic carbocycles. The van der Waals surface area contributed by atoms with Crippen molar-refractivity contribution in [2.24, 2.45) is 0 Å². The van der Waals surface area contributed by atoms with Gasteiger partial charge in [0, 0.05) is 13.2 Å². The van der Waals surface area contributed by atoms with Gasteiger partial charge in [-0.3, -0.25) is 4.79 Å². The summed E-state index contributed by atoms with van der Waals surface area (Å²) in [6, 6.07) is 14.5. The maximum Gasteiger partial charge on any atom is 0.252 e. The summed E-state index contributed by atoms with van der Waals surface area (Å²) in [7, 11) is 0. The lowest BCUT2D eigenvalue weighted by Crippen LogP contribution is -2.47. The molecule has 0 radical (unpaired) electrons. The van der Waals surface area contributed by atoms with E-state index in [1.807, 2.05) is 17.0 Å². The number of carbonyl (C=O) groups is 1. The molecule has 3 nitrogen and oxygen atoms in total. The number of carbonyl (C=O) groups excluding carboxylic acids is 1. The summed E-state index contributed by atoms with van der Waals surface area (Å²) in [6.45, 7) is 1.32. The molecule has 2 aromatic carbocycles. The number of fused-ring (bicyclic) bond motifs is 1. The average molecular weight is 339 g/mol. The highest BCUT2D eigenvalue weighted by atomic mass is 19.1. The van der Waals surface area contributed by atoms with Crippen LogP contribution in [0.5, 0.6) is 0 Å². The second-order valence-electron chi connectivity index (χ2n) is 6.79. The summed E-state index contributed by atoms with van der Waals surface area (Å²) < 4.78 is 19.1. The van der Waals surface area contributed by atoms with Gasteiger partial charge in [-0.15, -0.1) is 0 Å². The van der Waals surface area contributed by atoms with Crippen LogP contribution in [-0.4, -0.2) is 30.1 Å². The quantitative estimate of drug-likeness (QED) is 0.831. The van der Waals surface area contributed by atoms with Gasteiger partial charge < -0.3 is 9.64 Å². The first-order valence-electron chi connectivity index (χ1n) is 8.99. The van der Waals surface area contributed by atoms with Crippen molar-refractivity contribution in [3.8, 4) is 0 Å². The summed E-state index contributed by atoms with van der Waals surface area (Å²) in [4.78, 5) is 15.1. The van der Waals surface area contributed by atoms with Gasteiger partial charge in [0.15, 0.2) is 0 Å². The lowest BCUT2D eigenvalue weighted by molar-refractivity contribution is -0.148. The van der Waals surface area contributed by atoms with Gasteiger partial charge in [0.25, 0.3) is 5.91 Å². The molecular weight excluding hydrogens is 317 g/mol. The summed E-state index contributed by atoms with van der Waals surface area (Å²) in [6.07, 6.45) is 3.33. The normalized spacial score (nSPS) is 23.2. The van der Waals surface area contributed by atoms with Crippen molar-refractivity contribution in [2.45, 2.75) is 37.8 Å². The molecule has 130 valence electrons. The fraction of sp³-hybridized carbons (Fsp3) is 0.381. The van der Waals surface area contributed by atoms with E-state index in [-0.39, 0.29) is 23.9 Å². The Balaban J connectivity index is 1.72. The van der Waals surface area contributed by atoms with Crippen molar-refractivity contribution in [2.75, 3.05) is 13.2 Å². The van der Waals surface area contributed by atoms with E-state index in [0.717, 1.165) is 36.8 Å². The molecule has 0 unspecified atom stereocenters. The SMILES string of the molecule is O=C([C@H]1CCCCO1)N1CCc2ccccc2[C@@H]1c1ccc(F)cc1. The van der Waals surface area contributed by atoms with Crippen molar-refractivity contribution in [3.05, 3.63) is 71.0 Å². The minimum Gasteiger partial charge on any atom is -0.368 e. The maximum atomic E-state index is 13.4. The second-order valence-corrected chi connectivity index (χ2v) is 6.79. The van der Waals surface area contributed by atoms with E-state index in [9.17, 15) is 9.18 Å². The van der Waals surface area contributed by atoms with E-state index in [1.54, 1.807) is 12.1 Å². The second kappa shape index (κ2) is 6.96. The van der Waals surface area contributed by atoms with Gasteiger partial charge in [0.2, 0.25) is 0 Å². The molecule has 4 rings (SSSR count). The van der Waals surface area contributed by atoms with Crippen molar-refractivity contribution in [1.29, 1.82) is 0 Å². The maximum absolute atomic E-state index is 13.4. The summed E-state index contributed by atoms with van der Waals surface area (Å²) in [5, 5.41) is 0. The van der Waals surface area contributed by atoms with Crippen molar-refractivity contribution >= 4 is 5.91 Å². The fourth-order valence-electron chi connectivity index (χ4n) is 3.93. The third-order valence-electron chi connectivity index (χ3n) is 5.21. The zero-order chi connectivity index (χ0) is 17.2. The third kappa shape index (κ3) is 3.19. The van der Waals surface area contributed by atoms with Crippen LogP contribution in [0.25, 0.3) is 0 Å². The molecule has 0 N–H and O–H groups in total. The molecule has 0 saturated carbocycles. The first-order chi connectivity index (χ1) is 12.2. The first kappa shape index (κ1) is 16.3. The van der Waals surface area contributed by atoms with Crippen LogP contribution in [0.2, 0.25) is 0 Å². The predicted octanol–water partition coefficient (Wildman–Crippen LogP) is 3.87. The molecule has 2 aliphatic rings. The Morgan fingerprint density at radius 1 is 1.08 bits per heavy atom. The van der Waals surface area contributed by atoms with Gasteiger partial charge in [-0.25, -0.2) is 4.39 Å². The van der Waals surface area contributed by atoms with Crippen LogP contribution < -0.4 is 0 Å². The van der Waals surface area contributed by atoms with Gasteiger partial charge in [0.1, 0.15) is 11.9 Å². The number of ether oxygens (including phenoxy) is 1. The predicted molar refractivity (Wildman–Crippen MR) is 93.7 cm³/mol. The number of hydrogen-bond acceptors (Lipinski definition) is 2. The Hall–Kier alpha value is -2.20. The molecule has 2 aromatic rings. The molecule has 1 fully saturated rings. The van der Waals surface area contributed by atoms with Crippen LogP contribution in [0.4, 0.5) is 4.39 Å². The topological polar surface area (TPSA) is 29.5 Å². The monoisotopic (exact) mass is 339 g/mol. The van der Waals surface area contributed by atoms with Crippen LogP contribution in [-0.2, 0) is 16.0 Å². The Morgan fingerprint density at radius 2 is 1.88 bits per heavy atom. The van der Waals surface area contributed by atoms with Crippen molar-refractivity contribution < 1.29 is 13.9 Å². The van der Waals surface area contributed by atoms with Gasteiger partial charge >= 0.3 is 0 Å². The van der Waals surface area contributed by atoms with E-state index in [4.69, 9.17) is 4.74 Å². The largest absolute Gasteiger partial charge is 0.368 e. The van der Waals surface area contributed by atoms with Gasteiger partial charge in [-0.1, -0.05) is 36.4 Å². The van der Waals surface area contributed by atoms with E-state index in [2.05, 4.69) is 12.1 Å². The number of benzene rings is 2. The molecule has 2 atom stereocenters. The standard InChI is InChI=1S/C21H22FNO2/c22-17-10-8-16(9-11-17)20-18-6-2-1-5-15(18)12-13-23(20)21(24)19-7-3-4-14-25-19/h1-2,5-6,8-11,19-20H,3-4,7,12-14H2/t19-,20+/m1/s1. The molecule has 2 heterocycles. The number of hydrogen-bond donors (Lipinski definition) is 0. The Kier molecular flexibility index (Phi) is 4.53. The van der Waals surface area contributed by atoms with E-state index in [0.29, 0.717) is 13.2 Å². The number of halogens is 1. The molecule has 4 heteroatoms. The molecule has 2 aliphatic heterocycles. The van der Waals surface area contributed by atoms with Gasteiger partial charge in [-0.05, 0) is 54.5 Å². The Morgan fingerprint density at radius 3 is 2.64 bits per heavy atom. The Bertz CT molecular complexity index is 753. The lowest BCUT2D eigenvalue weighted by Gasteiger charge is -2.40. The highest BCUT2D eigenvalue weighted by Crippen LogP contribution is 2.36. The number of nitrogens with zero attached hydrogens (tertiary/aromatic N) is 1. The highest BCUT2D eigenvalue weighted by Gasteiger charge is 2.36. The third-order valence-corrected chi connectivity index (χ3v) is 5.21. The van der Waals surface area contributed by atoms with Crippen molar-refractivity contribution in [1.82, 2.24) is 4.90 Å². The van der Waals surface area contributed by atoms with E-state index in [1.165, 1.54) is 17.7 Å². The molecule has 0 bridgehead atoms. The molecular formula is C21H22FNO2. The minimum absolute atomic E-state index is 0.0588. The molecule has 0 spiro atoms. The fourth-order valence-corrected chi connectivity index (χ4v) is 3.93. The highest BCUT2D eigenvalue weighted by molar-refractivity contribution is 5.82. The molecule has 25 heavy (non-hydrogen) atoms. The minimum atomic E-state index is -0.345. The van der Waals surface area contributed by atoms with E-state index < -0.39 is 0 Å². The zero-order valence-electron chi connectivity index (χ0n) is 14.2. The van der Waals surface area contributed by atoms with Gasteiger partial charge in [0.05, 0.1) is 6.04 Å². The average Bonchev–Trinajstić information content (AvgIpc) is 2.68. The van der Waals surface area contributed by atoms with Crippen LogP contribution in [0, 0.1) is 5.82 Å². The number of rotatable bonds is 2. The first-order valence-corrected chi connectivity index (χ1v) is 8.99. The van der Waals surface area contributed by atoms with E-state index >= 15 is 0 Å². The zero-order valence-corrected chi connectivity index (χ0v) is 14.2.